The number of thiocarbonyl (C=S) groups is 1. The Morgan fingerprint density at radius 1 is 1.09 bits per heavy atom. The highest BCUT2D eigenvalue weighted by atomic mass is 32.2. The fraction of sp³-hybridized carbons (Fsp3) is 0.0455. The molecular formula is C22H18FN5O3S2. The highest BCUT2D eigenvalue weighted by molar-refractivity contribution is 7.89. The van der Waals surface area contributed by atoms with E-state index in [0.717, 1.165) is 5.56 Å². The van der Waals surface area contributed by atoms with Crippen molar-refractivity contribution in [2.24, 2.45) is 15.4 Å². The van der Waals surface area contributed by atoms with E-state index in [1.807, 2.05) is 30.3 Å². The van der Waals surface area contributed by atoms with E-state index in [0.29, 0.717) is 17.4 Å². The molecule has 0 spiro atoms. The molecule has 0 saturated heterocycles. The number of para-hydroxylation sites is 1. The Kier molecular flexibility index (Phi) is 6.18. The first-order valence-electron chi connectivity index (χ1n) is 9.63. The molecule has 168 valence electrons. The van der Waals surface area contributed by atoms with Crippen molar-refractivity contribution in [1.29, 1.82) is 0 Å². The highest BCUT2D eigenvalue weighted by Gasteiger charge is 2.18. The van der Waals surface area contributed by atoms with Crippen molar-refractivity contribution >= 4 is 49.6 Å². The van der Waals surface area contributed by atoms with Crippen LogP contribution in [0.5, 0.6) is 5.88 Å². The lowest BCUT2D eigenvalue weighted by Gasteiger charge is -2.08. The third-order valence-electron chi connectivity index (χ3n) is 4.83. The highest BCUT2D eigenvalue weighted by Crippen LogP contribution is 2.39. The molecule has 0 fully saturated rings. The first kappa shape index (κ1) is 22.5. The summed E-state index contributed by atoms with van der Waals surface area (Å²) in [6, 6.07) is 19.4. The fourth-order valence-electron chi connectivity index (χ4n) is 3.37. The second kappa shape index (κ2) is 9.06. The summed E-state index contributed by atoms with van der Waals surface area (Å²) in [5.74, 6) is -0.713. The fourth-order valence-corrected chi connectivity index (χ4v) is 4.22. The van der Waals surface area contributed by atoms with Gasteiger partial charge in [-0.25, -0.2) is 17.9 Å². The van der Waals surface area contributed by atoms with Gasteiger partial charge in [0.1, 0.15) is 10.7 Å². The maximum Gasteiger partial charge on any atom is 0.240 e. The van der Waals surface area contributed by atoms with Crippen LogP contribution in [0.1, 0.15) is 5.56 Å². The molecule has 0 bridgehead atoms. The number of nitrogens with zero attached hydrogens (tertiary/aromatic N) is 3. The molecule has 3 aromatic carbocycles. The first-order chi connectivity index (χ1) is 15.7. The number of hydrogen-bond donors (Lipinski definition) is 3. The van der Waals surface area contributed by atoms with Crippen molar-refractivity contribution in [3.63, 3.8) is 0 Å². The molecular weight excluding hydrogens is 465 g/mol. The Balaban J connectivity index is 1.68. The summed E-state index contributed by atoms with van der Waals surface area (Å²) in [6.45, 7) is 0.328. The molecule has 0 amide bonds. The van der Waals surface area contributed by atoms with Gasteiger partial charge in [0, 0.05) is 5.39 Å². The number of benzene rings is 3. The SMILES string of the molecule is NS(=O)(=O)c1ccccc1NC(=S)N=Nc1c(O)n(Cc2ccccc2)c2ccc(F)cc12. The Morgan fingerprint density at radius 2 is 1.79 bits per heavy atom. The van der Waals surface area contributed by atoms with Crippen LogP contribution in [0.2, 0.25) is 0 Å². The van der Waals surface area contributed by atoms with Gasteiger partial charge < -0.3 is 15.0 Å². The molecule has 4 N–H and O–H groups in total. The lowest BCUT2D eigenvalue weighted by atomic mass is 10.2. The third kappa shape index (κ3) is 4.90. The lowest BCUT2D eigenvalue weighted by molar-refractivity contribution is 0.429. The van der Waals surface area contributed by atoms with E-state index in [1.165, 1.54) is 30.3 Å². The van der Waals surface area contributed by atoms with Gasteiger partial charge >= 0.3 is 0 Å². The molecule has 0 unspecified atom stereocenters. The number of nitrogens with one attached hydrogen (secondary N) is 1. The topological polar surface area (TPSA) is 122 Å². The van der Waals surface area contributed by atoms with Crippen LogP contribution >= 0.6 is 12.2 Å². The van der Waals surface area contributed by atoms with Crippen molar-refractivity contribution in [2.45, 2.75) is 11.4 Å². The zero-order valence-corrected chi connectivity index (χ0v) is 18.6. The number of sulfonamides is 1. The van der Waals surface area contributed by atoms with E-state index < -0.39 is 15.8 Å². The first-order valence-corrected chi connectivity index (χ1v) is 11.6. The van der Waals surface area contributed by atoms with Gasteiger partial charge in [-0.2, -0.15) is 0 Å². The molecule has 1 heterocycles. The van der Waals surface area contributed by atoms with Crippen molar-refractivity contribution in [1.82, 2.24) is 4.57 Å². The molecule has 33 heavy (non-hydrogen) atoms. The summed E-state index contributed by atoms with van der Waals surface area (Å²) in [5, 5.41) is 26.8. The van der Waals surface area contributed by atoms with Crippen LogP contribution < -0.4 is 10.5 Å². The summed E-state index contributed by atoms with van der Waals surface area (Å²) < 4.78 is 39.1. The Morgan fingerprint density at radius 3 is 2.52 bits per heavy atom. The number of anilines is 1. The molecule has 0 aliphatic heterocycles. The average molecular weight is 484 g/mol. The second-order valence-electron chi connectivity index (χ2n) is 7.08. The number of aromatic nitrogens is 1. The van der Waals surface area contributed by atoms with E-state index in [2.05, 4.69) is 15.5 Å². The molecule has 4 rings (SSSR count). The van der Waals surface area contributed by atoms with Crippen molar-refractivity contribution in [2.75, 3.05) is 5.32 Å². The van der Waals surface area contributed by atoms with Gasteiger partial charge in [0.25, 0.3) is 0 Å². The number of fused-ring (bicyclic) bond motifs is 1. The van der Waals surface area contributed by atoms with Crippen LogP contribution in [0.15, 0.2) is 87.9 Å². The lowest BCUT2D eigenvalue weighted by Crippen LogP contribution is -2.16. The number of aromatic hydroxyl groups is 1. The van der Waals surface area contributed by atoms with E-state index in [4.69, 9.17) is 17.4 Å². The molecule has 0 saturated carbocycles. The molecule has 1 aromatic heterocycles. The standard InChI is InChI=1S/C22H18FN5O3S2/c23-15-10-11-18-16(12-15)20(21(29)28(18)13-14-6-2-1-3-7-14)26-27-22(32)25-17-8-4-5-9-19(17)33(24,30)31/h1-12,29H,13H2,(H,25,32)(H2,24,30,31). The summed E-state index contributed by atoms with van der Waals surface area (Å²) in [4.78, 5) is -0.160. The summed E-state index contributed by atoms with van der Waals surface area (Å²) in [5.41, 5.74) is 1.65. The van der Waals surface area contributed by atoms with Crippen LogP contribution in [0.3, 0.4) is 0 Å². The van der Waals surface area contributed by atoms with Crippen LogP contribution in [-0.4, -0.2) is 23.2 Å². The van der Waals surface area contributed by atoms with Gasteiger partial charge in [0.2, 0.25) is 21.0 Å². The molecule has 0 aliphatic carbocycles. The average Bonchev–Trinajstić information content (AvgIpc) is 3.03. The Hall–Kier alpha value is -3.67. The maximum atomic E-state index is 14.0. The summed E-state index contributed by atoms with van der Waals surface area (Å²) in [6.07, 6.45) is 0. The smallest absolute Gasteiger partial charge is 0.240 e. The van der Waals surface area contributed by atoms with Crippen LogP contribution in [-0.2, 0) is 16.6 Å². The molecule has 11 heteroatoms. The minimum absolute atomic E-state index is 0.0318. The number of halogens is 1. The van der Waals surface area contributed by atoms with Crippen LogP contribution in [0, 0.1) is 5.82 Å². The third-order valence-corrected chi connectivity index (χ3v) is 5.98. The Bertz CT molecular complexity index is 1480. The van der Waals surface area contributed by atoms with Crippen molar-refractivity contribution in [3.8, 4) is 5.88 Å². The normalized spacial score (nSPS) is 11.8. The summed E-state index contributed by atoms with van der Waals surface area (Å²) in [7, 11) is -3.99. The van der Waals surface area contributed by atoms with E-state index in [-0.39, 0.29) is 27.3 Å². The number of hydrogen-bond acceptors (Lipinski definition) is 5. The van der Waals surface area contributed by atoms with Gasteiger partial charge in [-0.3, -0.25) is 0 Å². The van der Waals surface area contributed by atoms with Crippen molar-refractivity contribution < 1.29 is 17.9 Å². The number of nitrogens with two attached hydrogens (primary N) is 1. The van der Waals surface area contributed by atoms with Gasteiger partial charge in [0.15, 0.2) is 5.69 Å². The quantitative estimate of drug-likeness (QED) is 0.281. The van der Waals surface area contributed by atoms with E-state index >= 15 is 0 Å². The monoisotopic (exact) mass is 483 g/mol. The number of primary sulfonamides is 1. The van der Waals surface area contributed by atoms with Crippen LogP contribution in [0.25, 0.3) is 10.9 Å². The molecule has 0 radical (unpaired) electrons. The largest absolute Gasteiger partial charge is 0.493 e. The molecule has 0 aliphatic rings. The Labute approximate surface area is 194 Å². The van der Waals surface area contributed by atoms with E-state index in [9.17, 15) is 17.9 Å². The second-order valence-corrected chi connectivity index (χ2v) is 8.99. The number of rotatable bonds is 5. The minimum atomic E-state index is -3.99. The maximum absolute atomic E-state index is 14.0. The molecule has 8 nitrogen and oxygen atoms in total. The van der Waals surface area contributed by atoms with Gasteiger partial charge in [-0.1, -0.05) is 42.5 Å². The minimum Gasteiger partial charge on any atom is -0.493 e. The predicted molar refractivity (Wildman–Crippen MR) is 128 cm³/mol. The summed E-state index contributed by atoms with van der Waals surface area (Å²) >= 11 is 5.15. The van der Waals surface area contributed by atoms with E-state index in [1.54, 1.807) is 16.7 Å². The number of azo groups is 1. The van der Waals surface area contributed by atoms with Gasteiger partial charge in [-0.05, 0) is 48.1 Å². The van der Waals surface area contributed by atoms with Gasteiger partial charge in [-0.15, -0.1) is 10.2 Å². The molecule has 4 aromatic rings. The zero-order valence-electron chi connectivity index (χ0n) is 17.0. The van der Waals surface area contributed by atoms with Crippen molar-refractivity contribution in [3.05, 3.63) is 84.2 Å². The predicted octanol–water partition coefficient (Wildman–Crippen LogP) is 4.66. The van der Waals surface area contributed by atoms with Crippen LogP contribution in [0.4, 0.5) is 15.8 Å². The zero-order chi connectivity index (χ0) is 23.6. The molecule has 0 atom stereocenters. The van der Waals surface area contributed by atoms with Gasteiger partial charge in [0.05, 0.1) is 17.7 Å².